The summed E-state index contributed by atoms with van der Waals surface area (Å²) in [6, 6.07) is 0. The van der Waals surface area contributed by atoms with Gasteiger partial charge in [0.2, 0.25) is 0 Å². The second-order valence-electron chi connectivity index (χ2n) is 7.54. The average Bonchev–Trinajstić information content (AvgIpc) is 2.81. The molecule has 24 heavy (non-hydrogen) atoms. The summed E-state index contributed by atoms with van der Waals surface area (Å²) in [5.41, 5.74) is 2.00. The first-order valence-corrected chi connectivity index (χ1v) is 9.96. The van der Waals surface area contributed by atoms with Crippen LogP contribution in [-0.2, 0) is 19.1 Å². The predicted octanol–water partition coefficient (Wildman–Crippen LogP) is 3.86. The fraction of sp³-hybridized carbons (Fsp3) is 0.684. The minimum absolute atomic E-state index is 0.0219. The summed E-state index contributed by atoms with van der Waals surface area (Å²) in [5, 5.41) is 1.75. The number of fused-ring (bicyclic) bond motifs is 2. The number of thioether (sulfide) groups is 1. The van der Waals surface area contributed by atoms with Crippen LogP contribution >= 0.6 is 11.8 Å². The van der Waals surface area contributed by atoms with Crippen molar-refractivity contribution in [2.24, 2.45) is 17.3 Å². The highest BCUT2D eigenvalue weighted by molar-refractivity contribution is 8.01. The van der Waals surface area contributed by atoms with Crippen LogP contribution in [0.1, 0.15) is 46.5 Å². The van der Waals surface area contributed by atoms with Gasteiger partial charge in [-0.15, -0.1) is 11.8 Å². The molecule has 2 saturated carbocycles. The lowest BCUT2D eigenvalue weighted by Crippen LogP contribution is -2.50. The van der Waals surface area contributed by atoms with E-state index >= 15 is 0 Å². The van der Waals surface area contributed by atoms with E-state index in [0.29, 0.717) is 5.92 Å². The molecule has 0 amide bonds. The van der Waals surface area contributed by atoms with Crippen LogP contribution in [0.2, 0.25) is 0 Å². The Kier molecular flexibility index (Phi) is 4.82. The number of rotatable bonds is 3. The number of carbonyl (C=O) groups excluding carboxylic acids is 2. The van der Waals surface area contributed by atoms with Crippen LogP contribution in [0.4, 0.5) is 0 Å². The Morgan fingerprint density at radius 1 is 1.42 bits per heavy atom. The van der Waals surface area contributed by atoms with Crippen molar-refractivity contribution in [3.05, 3.63) is 22.6 Å². The molecule has 3 aliphatic rings. The zero-order valence-corrected chi connectivity index (χ0v) is 15.7. The third-order valence-corrected chi connectivity index (χ3v) is 6.84. The van der Waals surface area contributed by atoms with Crippen molar-refractivity contribution < 1.29 is 19.1 Å². The third-order valence-electron chi connectivity index (χ3n) is 6.43. The third kappa shape index (κ3) is 2.92. The molecule has 0 aromatic carbocycles. The average molecular weight is 350 g/mol. The van der Waals surface area contributed by atoms with E-state index in [1.807, 2.05) is 13.2 Å². The van der Waals surface area contributed by atoms with E-state index in [1.165, 1.54) is 23.4 Å². The summed E-state index contributed by atoms with van der Waals surface area (Å²) in [5.74, 6) is 0.360. The highest BCUT2D eigenvalue weighted by Gasteiger charge is 2.53. The standard InChI is InChI=1S/C19H26O4S/c1-11-14-10-19(3)12(2)15(22-17(20)7-8-24-4)6-5-13(19)9-16(14)23-18(11)21/h7-8,12-13,15-16H,5-6,9-10H2,1-4H3/b8-7+/t12-,13-,15+,16-,19-/m0/s1. The summed E-state index contributed by atoms with van der Waals surface area (Å²) in [4.78, 5) is 23.8. The number of carbonyl (C=O) groups is 2. The smallest absolute Gasteiger partial charge is 0.334 e. The van der Waals surface area contributed by atoms with Crippen molar-refractivity contribution >= 4 is 23.7 Å². The van der Waals surface area contributed by atoms with Gasteiger partial charge in [0.15, 0.2) is 0 Å². The van der Waals surface area contributed by atoms with Crippen LogP contribution in [0.3, 0.4) is 0 Å². The molecule has 4 nitrogen and oxygen atoms in total. The molecule has 5 heteroatoms. The molecule has 0 N–H and O–H groups in total. The Balaban J connectivity index is 1.77. The van der Waals surface area contributed by atoms with Gasteiger partial charge in [-0.25, -0.2) is 9.59 Å². The number of hydrogen-bond acceptors (Lipinski definition) is 5. The van der Waals surface area contributed by atoms with Gasteiger partial charge < -0.3 is 9.47 Å². The molecule has 3 rings (SSSR count). The van der Waals surface area contributed by atoms with Gasteiger partial charge in [-0.3, -0.25) is 0 Å². The molecule has 0 bridgehead atoms. The van der Waals surface area contributed by atoms with Crippen molar-refractivity contribution in [1.29, 1.82) is 0 Å². The Hall–Kier alpha value is -1.23. The molecule has 0 aromatic heterocycles. The van der Waals surface area contributed by atoms with E-state index in [-0.39, 0.29) is 35.5 Å². The zero-order valence-electron chi connectivity index (χ0n) is 14.8. The number of hydrogen-bond donors (Lipinski definition) is 0. The molecule has 0 spiro atoms. The summed E-state index contributed by atoms with van der Waals surface area (Å²) in [6.45, 7) is 6.36. The fourth-order valence-corrected chi connectivity index (χ4v) is 4.92. The first kappa shape index (κ1) is 17.6. The Morgan fingerprint density at radius 2 is 2.17 bits per heavy atom. The fourth-order valence-electron chi connectivity index (χ4n) is 4.67. The van der Waals surface area contributed by atoms with Crippen LogP contribution in [0.5, 0.6) is 0 Å². The van der Waals surface area contributed by atoms with Gasteiger partial charge in [0.05, 0.1) is 0 Å². The zero-order chi connectivity index (χ0) is 17.5. The van der Waals surface area contributed by atoms with Gasteiger partial charge in [-0.2, -0.15) is 0 Å². The number of ether oxygens (including phenoxy) is 2. The molecule has 132 valence electrons. The van der Waals surface area contributed by atoms with Gasteiger partial charge in [0, 0.05) is 11.6 Å². The van der Waals surface area contributed by atoms with Crippen molar-refractivity contribution in [3.63, 3.8) is 0 Å². The van der Waals surface area contributed by atoms with E-state index in [4.69, 9.17) is 9.47 Å². The van der Waals surface area contributed by atoms with Crippen LogP contribution < -0.4 is 0 Å². The Bertz CT molecular complexity index is 608. The first-order valence-electron chi connectivity index (χ1n) is 8.67. The highest BCUT2D eigenvalue weighted by Crippen LogP contribution is 2.57. The van der Waals surface area contributed by atoms with Crippen LogP contribution in [0.15, 0.2) is 22.6 Å². The van der Waals surface area contributed by atoms with Gasteiger partial charge in [0.25, 0.3) is 0 Å². The molecule has 0 radical (unpaired) electrons. The minimum atomic E-state index is -0.258. The SMILES string of the molecule is CS/C=C/C(=O)O[C@@H]1CC[C@H]2C[C@@H]3OC(=O)C(C)=C3C[C@@]2(C)[C@H]1C. The largest absolute Gasteiger partial charge is 0.459 e. The van der Waals surface area contributed by atoms with Gasteiger partial charge >= 0.3 is 11.9 Å². The van der Waals surface area contributed by atoms with E-state index < -0.39 is 0 Å². The van der Waals surface area contributed by atoms with E-state index in [2.05, 4.69) is 13.8 Å². The molecule has 1 aliphatic heterocycles. The normalized spacial score (nSPS) is 38.8. The Labute approximate surface area is 148 Å². The second kappa shape index (κ2) is 6.58. The van der Waals surface area contributed by atoms with Crippen LogP contribution in [0, 0.1) is 17.3 Å². The molecule has 0 aromatic rings. The summed E-state index contributed by atoms with van der Waals surface area (Å²) < 4.78 is 11.3. The molecule has 5 atom stereocenters. The van der Waals surface area contributed by atoms with Gasteiger partial charge in [0.1, 0.15) is 12.2 Å². The van der Waals surface area contributed by atoms with Crippen LogP contribution in [0.25, 0.3) is 0 Å². The topological polar surface area (TPSA) is 52.6 Å². The van der Waals surface area contributed by atoms with Crippen molar-refractivity contribution in [2.75, 3.05) is 6.26 Å². The van der Waals surface area contributed by atoms with Crippen molar-refractivity contribution in [1.82, 2.24) is 0 Å². The quantitative estimate of drug-likeness (QED) is 0.571. The number of esters is 2. The van der Waals surface area contributed by atoms with Crippen molar-refractivity contribution in [2.45, 2.75) is 58.7 Å². The van der Waals surface area contributed by atoms with Gasteiger partial charge in [-0.05, 0) is 67.1 Å². The summed E-state index contributed by atoms with van der Waals surface area (Å²) in [6.07, 6.45) is 7.02. The van der Waals surface area contributed by atoms with E-state index in [9.17, 15) is 9.59 Å². The Morgan fingerprint density at radius 3 is 2.88 bits per heavy atom. The van der Waals surface area contributed by atoms with Gasteiger partial charge in [-0.1, -0.05) is 13.8 Å². The molecule has 0 unspecified atom stereocenters. The molecule has 1 heterocycles. The maximum Gasteiger partial charge on any atom is 0.334 e. The summed E-state index contributed by atoms with van der Waals surface area (Å²) >= 11 is 1.49. The molecular formula is C19H26O4S. The van der Waals surface area contributed by atoms with E-state index in [0.717, 1.165) is 31.3 Å². The minimum Gasteiger partial charge on any atom is -0.459 e. The molecule has 2 fully saturated rings. The second-order valence-corrected chi connectivity index (χ2v) is 8.28. The lowest BCUT2D eigenvalue weighted by atomic mass is 9.53. The maximum atomic E-state index is 12.0. The lowest BCUT2D eigenvalue weighted by molar-refractivity contribution is -0.158. The molecule has 0 saturated heterocycles. The molecular weight excluding hydrogens is 324 g/mol. The van der Waals surface area contributed by atoms with Crippen molar-refractivity contribution in [3.8, 4) is 0 Å². The monoisotopic (exact) mass is 350 g/mol. The predicted molar refractivity (Wildman–Crippen MR) is 94.3 cm³/mol. The first-order chi connectivity index (χ1) is 11.4. The lowest BCUT2D eigenvalue weighted by Gasteiger charge is -2.53. The highest BCUT2D eigenvalue weighted by atomic mass is 32.2. The summed E-state index contributed by atoms with van der Waals surface area (Å²) in [7, 11) is 0. The van der Waals surface area contributed by atoms with Crippen LogP contribution in [-0.4, -0.2) is 30.4 Å². The van der Waals surface area contributed by atoms with E-state index in [1.54, 1.807) is 5.41 Å². The maximum absolute atomic E-state index is 12.0. The molecule has 2 aliphatic carbocycles.